The fourth-order valence-corrected chi connectivity index (χ4v) is 4.78. The number of hydrogen-bond acceptors (Lipinski definition) is 6. The number of halogens is 1. The van der Waals surface area contributed by atoms with Crippen LogP contribution < -0.4 is 11.1 Å². The van der Waals surface area contributed by atoms with Crippen molar-refractivity contribution in [1.29, 1.82) is 0 Å². The molecule has 0 unspecified atom stereocenters. The largest absolute Gasteiger partial charge is 0.266 e. The summed E-state index contributed by atoms with van der Waals surface area (Å²) in [4.78, 5) is 0. The SMILES string of the molecule is Cc1cccc(CN2NNN=C2c2cnn(-c3ccccc3F)c2SCc2ccccc2)c1. The lowest BCUT2D eigenvalue weighted by atomic mass is 10.1. The Balaban J connectivity index is 1.50. The molecule has 2 N–H and O–H groups in total. The highest BCUT2D eigenvalue weighted by Crippen LogP contribution is 2.31. The Morgan fingerprint density at radius 2 is 1.73 bits per heavy atom. The number of hydrogen-bond donors (Lipinski definition) is 2. The van der Waals surface area contributed by atoms with E-state index in [1.54, 1.807) is 34.8 Å². The van der Waals surface area contributed by atoms with Crippen LogP contribution in [0.25, 0.3) is 5.69 Å². The van der Waals surface area contributed by atoms with Gasteiger partial charge in [0.25, 0.3) is 0 Å². The number of benzene rings is 3. The Morgan fingerprint density at radius 3 is 2.55 bits per heavy atom. The Labute approximate surface area is 196 Å². The number of para-hydroxylation sites is 1. The third-order valence-electron chi connectivity index (χ3n) is 5.29. The maximum atomic E-state index is 14.7. The molecule has 1 aliphatic heterocycles. The van der Waals surface area contributed by atoms with Gasteiger partial charge in [0, 0.05) is 5.75 Å². The normalized spacial score (nSPS) is 13.2. The van der Waals surface area contributed by atoms with Crippen molar-refractivity contribution in [2.75, 3.05) is 0 Å². The van der Waals surface area contributed by atoms with E-state index in [-0.39, 0.29) is 5.82 Å². The monoisotopic (exact) mass is 458 g/mol. The lowest BCUT2D eigenvalue weighted by Gasteiger charge is -2.19. The number of thioether (sulfide) groups is 1. The van der Waals surface area contributed by atoms with E-state index in [0.29, 0.717) is 18.1 Å². The summed E-state index contributed by atoms with van der Waals surface area (Å²) in [5.41, 5.74) is 10.7. The van der Waals surface area contributed by atoms with Gasteiger partial charge in [-0.2, -0.15) is 5.10 Å². The summed E-state index contributed by atoms with van der Waals surface area (Å²) in [5, 5.41) is 11.8. The highest BCUT2D eigenvalue weighted by Gasteiger charge is 2.26. The van der Waals surface area contributed by atoms with Crippen molar-refractivity contribution in [2.24, 2.45) is 5.10 Å². The van der Waals surface area contributed by atoms with E-state index in [9.17, 15) is 4.39 Å². The molecule has 166 valence electrons. The van der Waals surface area contributed by atoms with Crippen molar-refractivity contribution in [3.05, 3.63) is 113 Å². The molecule has 33 heavy (non-hydrogen) atoms. The van der Waals surface area contributed by atoms with E-state index in [0.717, 1.165) is 21.9 Å². The number of hydrazine groups is 2. The van der Waals surface area contributed by atoms with Crippen molar-refractivity contribution < 1.29 is 4.39 Å². The average Bonchev–Trinajstić information content (AvgIpc) is 3.45. The molecule has 5 rings (SSSR count). The summed E-state index contributed by atoms with van der Waals surface area (Å²) in [6, 6.07) is 25.2. The Kier molecular flexibility index (Phi) is 6.10. The van der Waals surface area contributed by atoms with E-state index in [1.807, 2.05) is 35.3 Å². The molecule has 0 radical (unpaired) electrons. The second-order valence-corrected chi connectivity index (χ2v) is 8.70. The maximum absolute atomic E-state index is 14.7. The fraction of sp³-hybridized carbons (Fsp3) is 0.120. The minimum Gasteiger partial charge on any atom is -0.266 e. The van der Waals surface area contributed by atoms with E-state index < -0.39 is 0 Å². The number of amidine groups is 1. The highest BCUT2D eigenvalue weighted by molar-refractivity contribution is 7.98. The van der Waals surface area contributed by atoms with Crippen molar-refractivity contribution in [2.45, 2.75) is 24.2 Å². The van der Waals surface area contributed by atoms with Gasteiger partial charge < -0.3 is 0 Å². The van der Waals surface area contributed by atoms with Gasteiger partial charge in [0.15, 0.2) is 5.84 Å². The molecule has 0 spiro atoms. The summed E-state index contributed by atoms with van der Waals surface area (Å²) < 4.78 is 16.3. The van der Waals surface area contributed by atoms with Crippen molar-refractivity contribution in [3.8, 4) is 5.69 Å². The van der Waals surface area contributed by atoms with Crippen LogP contribution >= 0.6 is 11.8 Å². The first-order valence-corrected chi connectivity index (χ1v) is 11.6. The zero-order valence-corrected chi connectivity index (χ0v) is 18.9. The van der Waals surface area contributed by atoms with Crippen LogP contribution in [0.4, 0.5) is 4.39 Å². The molecular formula is C25H23FN6S. The predicted octanol–water partition coefficient (Wildman–Crippen LogP) is 4.80. The molecular weight excluding hydrogens is 435 g/mol. The summed E-state index contributed by atoms with van der Waals surface area (Å²) >= 11 is 1.61. The lowest BCUT2D eigenvalue weighted by molar-refractivity contribution is 0.288. The first-order valence-electron chi connectivity index (χ1n) is 10.6. The van der Waals surface area contributed by atoms with Crippen LogP contribution in [0.1, 0.15) is 22.3 Å². The number of aromatic nitrogens is 2. The molecule has 1 aromatic heterocycles. The first kappa shape index (κ1) is 21.2. The molecule has 0 saturated carbocycles. The molecule has 6 nitrogen and oxygen atoms in total. The van der Waals surface area contributed by atoms with Gasteiger partial charge >= 0.3 is 0 Å². The summed E-state index contributed by atoms with van der Waals surface area (Å²) in [7, 11) is 0. The van der Waals surface area contributed by atoms with E-state index >= 15 is 0 Å². The Bertz CT molecular complexity index is 1290. The Hall–Kier alpha value is -3.62. The number of rotatable bonds is 7. The van der Waals surface area contributed by atoms with Crippen molar-refractivity contribution in [3.63, 3.8) is 0 Å². The smallest absolute Gasteiger partial charge is 0.177 e. The molecule has 0 fully saturated rings. The van der Waals surface area contributed by atoms with Gasteiger partial charge in [0.2, 0.25) is 0 Å². The van der Waals surface area contributed by atoms with Gasteiger partial charge in [-0.1, -0.05) is 72.3 Å². The van der Waals surface area contributed by atoms with E-state index in [4.69, 9.17) is 0 Å². The molecule has 0 amide bonds. The zero-order chi connectivity index (χ0) is 22.6. The van der Waals surface area contributed by atoms with Crippen molar-refractivity contribution in [1.82, 2.24) is 25.9 Å². The molecule has 4 aromatic rings. The molecule has 2 heterocycles. The fourth-order valence-electron chi connectivity index (χ4n) is 3.72. The summed E-state index contributed by atoms with van der Waals surface area (Å²) in [6.45, 7) is 2.69. The number of nitrogens with zero attached hydrogens (tertiary/aromatic N) is 4. The van der Waals surface area contributed by atoms with Crippen LogP contribution in [0, 0.1) is 12.7 Å². The minimum absolute atomic E-state index is 0.324. The molecule has 0 saturated heterocycles. The molecule has 0 bridgehead atoms. The molecule has 8 heteroatoms. The highest BCUT2D eigenvalue weighted by atomic mass is 32.2. The van der Waals surface area contributed by atoms with Crippen LogP contribution in [0.15, 0.2) is 95.2 Å². The predicted molar refractivity (Wildman–Crippen MR) is 129 cm³/mol. The summed E-state index contributed by atoms with van der Waals surface area (Å²) in [5.74, 6) is 1.10. The van der Waals surface area contributed by atoms with Crippen LogP contribution in [-0.2, 0) is 12.3 Å². The van der Waals surface area contributed by atoms with Crippen molar-refractivity contribution >= 4 is 17.6 Å². The quantitative estimate of drug-likeness (QED) is 0.390. The van der Waals surface area contributed by atoms with Crippen LogP contribution in [-0.4, -0.2) is 20.6 Å². The van der Waals surface area contributed by atoms with Gasteiger partial charge in [-0.05, 0) is 30.2 Å². The first-order chi connectivity index (χ1) is 16.2. The second kappa shape index (κ2) is 9.48. The number of aryl methyl sites for hydroxylation is 1. The summed E-state index contributed by atoms with van der Waals surface area (Å²) in [6.07, 6.45) is 1.75. The zero-order valence-electron chi connectivity index (χ0n) is 18.1. The van der Waals surface area contributed by atoms with Gasteiger partial charge in [-0.25, -0.2) is 14.6 Å². The minimum atomic E-state index is -0.324. The number of nitrogens with one attached hydrogen (secondary N) is 2. The molecule has 1 aliphatic rings. The second-order valence-electron chi connectivity index (χ2n) is 7.74. The topological polar surface area (TPSA) is 57.5 Å². The van der Waals surface area contributed by atoms with Crippen LogP contribution in [0.3, 0.4) is 0 Å². The molecule has 0 aliphatic carbocycles. The lowest BCUT2D eigenvalue weighted by Crippen LogP contribution is -2.40. The average molecular weight is 459 g/mol. The van der Waals surface area contributed by atoms with Gasteiger partial charge in [0.05, 0.1) is 18.3 Å². The van der Waals surface area contributed by atoms with Gasteiger partial charge in [-0.15, -0.1) is 22.4 Å². The number of hydrazone groups is 1. The molecule has 0 atom stereocenters. The van der Waals surface area contributed by atoms with E-state index in [2.05, 4.69) is 58.5 Å². The van der Waals surface area contributed by atoms with Gasteiger partial charge in [0.1, 0.15) is 16.5 Å². The Morgan fingerprint density at radius 1 is 0.939 bits per heavy atom. The van der Waals surface area contributed by atoms with Crippen LogP contribution in [0.5, 0.6) is 0 Å². The third-order valence-corrected chi connectivity index (χ3v) is 6.43. The standard InChI is InChI=1S/C25H23FN6S/c1-18-8-7-11-20(14-18)16-31-24(28-29-30-31)21-15-27-32(23-13-6-5-12-22(23)26)25(21)33-17-19-9-3-2-4-10-19/h2-15,29-30H,16-17H2,1H3. The third kappa shape index (κ3) is 4.62. The molecule has 3 aromatic carbocycles. The van der Waals surface area contributed by atoms with E-state index in [1.165, 1.54) is 17.2 Å². The van der Waals surface area contributed by atoms with Gasteiger partial charge in [-0.3, -0.25) is 5.01 Å². The maximum Gasteiger partial charge on any atom is 0.177 e. The van der Waals surface area contributed by atoms with Crippen LogP contribution in [0.2, 0.25) is 0 Å².